The molecule has 2 heterocycles. The number of H-pyrrole nitrogens is 1. The molecule has 3 aromatic rings. The monoisotopic (exact) mass is 311 g/mol. The number of para-hydroxylation sites is 1. The lowest BCUT2D eigenvalue weighted by Crippen LogP contribution is -2.19. The maximum Gasteiger partial charge on any atom is 0.299 e. The fourth-order valence-corrected chi connectivity index (χ4v) is 2.34. The molecule has 0 aliphatic rings. The average Bonchev–Trinajstić information content (AvgIpc) is 2.97. The van der Waals surface area contributed by atoms with E-state index in [4.69, 9.17) is 5.73 Å². The molecule has 0 bridgehead atoms. The third-order valence-electron chi connectivity index (χ3n) is 3.72. The molecular formula is C15H17N7O. The van der Waals surface area contributed by atoms with Crippen LogP contribution in [-0.2, 0) is 7.05 Å². The Morgan fingerprint density at radius 1 is 1.13 bits per heavy atom. The van der Waals surface area contributed by atoms with Crippen molar-refractivity contribution >= 4 is 17.2 Å². The van der Waals surface area contributed by atoms with Crippen LogP contribution in [0, 0.1) is 13.8 Å². The van der Waals surface area contributed by atoms with Gasteiger partial charge in [0.15, 0.2) is 11.4 Å². The van der Waals surface area contributed by atoms with Gasteiger partial charge in [-0.2, -0.15) is 5.10 Å². The van der Waals surface area contributed by atoms with E-state index in [-0.39, 0.29) is 11.2 Å². The van der Waals surface area contributed by atoms with Crippen molar-refractivity contribution in [3.8, 4) is 5.69 Å². The zero-order valence-electron chi connectivity index (χ0n) is 13.1. The molecule has 0 spiro atoms. The van der Waals surface area contributed by atoms with E-state index < -0.39 is 0 Å². The number of hydrogen-bond donors (Lipinski definition) is 2. The van der Waals surface area contributed by atoms with E-state index in [1.54, 1.807) is 23.3 Å². The van der Waals surface area contributed by atoms with Gasteiger partial charge in [0, 0.05) is 7.05 Å². The van der Waals surface area contributed by atoms with Crippen molar-refractivity contribution in [2.75, 3.05) is 5.73 Å². The summed E-state index contributed by atoms with van der Waals surface area (Å²) in [7, 11) is 1.81. The molecule has 0 unspecified atom stereocenters. The smallest absolute Gasteiger partial charge is 0.299 e. The molecule has 0 fully saturated rings. The summed E-state index contributed by atoms with van der Waals surface area (Å²) in [4.78, 5) is 12.7. The van der Waals surface area contributed by atoms with Crippen LogP contribution in [0.25, 0.3) is 5.69 Å². The minimum absolute atomic E-state index is 0.236. The molecule has 0 saturated carbocycles. The Labute approximate surface area is 132 Å². The van der Waals surface area contributed by atoms with Gasteiger partial charge in [-0.3, -0.25) is 14.6 Å². The quantitative estimate of drug-likeness (QED) is 0.726. The van der Waals surface area contributed by atoms with Crippen LogP contribution in [0.5, 0.6) is 0 Å². The number of nitrogens with two attached hydrogens (primary N) is 1. The topological polar surface area (TPSA) is 106 Å². The van der Waals surface area contributed by atoms with Crippen molar-refractivity contribution < 1.29 is 0 Å². The van der Waals surface area contributed by atoms with Crippen molar-refractivity contribution in [3.05, 3.63) is 52.1 Å². The normalized spacial score (nSPS) is 11.4. The standard InChI is InChI=1S/C15H17N7O/c1-9-12(14(16)20-17-9)18-19-13-10(2)21(3)22(15(13)23)11-7-5-4-6-8-11/h4-8H,1-3H3,(H3,16,17,20)/b19-18+. The van der Waals surface area contributed by atoms with Gasteiger partial charge in [0.1, 0.15) is 5.82 Å². The second-order valence-electron chi connectivity index (χ2n) is 5.18. The highest BCUT2D eigenvalue weighted by molar-refractivity contribution is 5.60. The number of azo groups is 1. The first kappa shape index (κ1) is 14.8. The molecule has 0 saturated heterocycles. The molecule has 118 valence electrons. The molecule has 0 atom stereocenters. The predicted molar refractivity (Wildman–Crippen MR) is 87.7 cm³/mol. The van der Waals surface area contributed by atoms with Crippen LogP contribution in [0.1, 0.15) is 11.4 Å². The minimum atomic E-state index is -0.236. The number of hydrogen-bond acceptors (Lipinski definition) is 5. The van der Waals surface area contributed by atoms with Gasteiger partial charge in [-0.25, -0.2) is 4.68 Å². The molecule has 8 nitrogen and oxygen atoms in total. The Balaban J connectivity index is 2.10. The third-order valence-corrected chi connectivity index (χ3v) is 3.72. The molecular weight excluding hydrogens is 294 g/mol. The van der Waals surface area contributed by atoms with Gasteiger partial charge < -0.3 is 5.73 Å². The van der Waals surface area contributed by atoms with Gasteiger partial charge in [-0.15, -0.1) is 10.2 Å². The number of anilines is 1. The average molecular weight is 311 g/mol. The molecule has 8 heteroatoms. The van der Waals surface area contributed by atoms with Crippen molar-refractivity contribution in [2.45, 2.75) is 13.8 Å². The number of nitrogens with one attached hydrogen (secondary N) is 1. The van der Waals surface area contributed by atoms with Gasteiger partial charge in [-0.1, -0.05) is 18.2 Å². The first-order valence-electron chi connectivity index (χ1n) is 7.07. The summed E-state index contributed by atoms with van der Waals surface area (Å²) in [6.45, 7) is 3.59. The molecule has 0 aliphatic heterocycles. The van der Waals surface area contributed by atoms with Crippen molar-refractivity contribution in [3.63, 3.8) is 0 Å². The summed E-state index contributed by atoms with van der Waals surface area (Å²) in [6.07, 6.45) is 0. The van der Waals surface area contributed by atoms with Crippen LogP contribution in [0.2, 0.25) is 0 Å². The minimum Gasteiger partial charge on any atom is -0.382 e. The molecule has 0 amide bonds. The summed E-state index contributed by atoms with van der Waals surface area (Å²) in [5.41, 5.74) is 8.33. The fraction of sp³-hybridized carbons (Fsp3) is 0.200. The third kappa shape index (κ3) is 2.44. The number of nitrogen functional groups attached to an aromatic ring is 1. The van der Waals surface area contributed by atoms with Gasteiger partial charge >= 0.3 is 0 Å². The van der Waals surface area contributed by atoms with E-state index in [2.05, 4.69) is 20.4 Å². The highest BCUT2D eigenvalue weighted by Crippen LogP contribution is 2.26. The number of rotatable bonds is 3. The number of aryl methyl sites for hydroxylation is 1. The maximum absolute atomic E-state index is 12.7. The number of benzene rings is 1. The van der Waals surface area contributed by atoms with E-state index in [0.717, 1.165) is 5.69 Å². The van der Waals surface area contributed by atoms with Crippen molar-refractivity contribution in [1.82, 2.24) is 19.6 Å². The highest BCUT2D eigenvalue weighted by atomic mass is 16.1. The summed E-state index contributed by atoms with van der Waals surface area (Å²) in [6, 6.07) is 9.37. The van der Waals surface area contributed by atoms with E-state index >= 15 is 0 Å². The van der Waals surface area contributed by atoms with Gasteiger partial charge in [0.05, 0.1) is 17.1 Å². The Kier molecular flexibility index (Phi) is 3.57. The lowest BCUT2D eigenvalue weighted by molar-refractivity contribution is 0.630. The summed E-state index contributed by atoms with van der Waals surface area (Å²) in [5.74, 6) is 0.322. The summed E-state index contributed by atoms with van der Waals surface area (Å²) >= 11 is 0. The fourth-order valence-electron chi connectivity index (χ4n) is 2.34. The van der Waals surface area contributed by atoms with Gasteiger partial charge in [0.25, 0.3) is 5.56 Å². The number of aromatic amines is 1. The second kappa shape index (κ2) is 5.56. The highest BCUT2D eigenvalue weighted by Gasteiger charge is 2.16. The molecule has 0 radical (unpaired) electrons. The van der Waals surface area contributed by atoms with Gasteiger partial charge in [-0.05, 0) is 26.0 Å². The first-order chi connectivity index (χ1) is 11.0. The molecule has 23 heavy (non-hydrogen) atoms. The van der Waals surface area contributed by atoms with E-state index in [0.29, 0.717) is 22.9 Å². The first-order valence-corrected chi connectivity index (χ1v) is 7.07. The van der Waals surface area contributed by atoms with Crippen LogP contribution >= 0.6 is 0 Å². The Bertz CT molecular complexity index is 911. The van der Waals surface area contributed by atoms with Crippen molar-refractivity contribution in [1.29, 1.82) is 0 Å². The lowest BCUT2D eigenvalue weighted by atomic mass is 10.3. The summed E-state index contributed by atoms with van der Waals surface area (Å²) in [5, 5.41) is 14.8. The van der Waals surface area contributed by atoms with Crippen molar-refractivity contribution in [2.24, 2.45) is 17.3 Å². The lowest BCUT2D eigenvalue weighted by Gasteiger charge is -2.07. The van der Waals surface area contributed by atoms with E-state index in [1.807, 2.05) is 37.3 Å². The van der Waals surface area contributed by atoms with E-state index in [9.17, 15) is 4.79 Å². The van der Waals surface area contributed by atoms with Crippen LogP contribution in [0.4, 0.5) is 17.2 Å². The van der Waals surface area contributed by atoms with Crippen LogP contribution in [-0.4, -0.2) is 19.6 Å². The number of nitrogens with zero attached hydrogens (tertiary/aromatic N) is 5. The Morgan fingerprint density at radius 3 is 2.39 bits per heavy atom. The zero-order chi connectivity index (χ0) is 16.6. The van der Waals surface area contributed by atoms with Gasteiger partial charge in [0.2, 0.25) is 0 Å². The van der Waals surface area contributed by atoms with Crippen LogP contribution in [0.3, 0.4) is 0 Å². The van der Waals surface area contributed by atoms with Crippen LogP contribution in [0.15, 0.2) is 45.4 Å². The predicted octanol–water partition coefficient (Wildman–Crippen LogP) is 2.51. The molecule has 0 aliphatic carbocycles. The largest absolute Gasteiger partial charge is 0.382 e. The maximum atomic E-state index is 12.7. The molecule has 3 N–H and O–H groups in total. The Hall–Kier alpha value is -3.16. The number of aromatic nitrogens is 4. The van der Waals surface area contributed by atoms with E-state index in [1.165, 1.54) is 0 Å². The Morgan fingerprint density at radius 2 is 1.78 bits per heavy atom. The van der Waals surface area contributed by atoms with Crippen LogP contribution < -0.4 is 11.3 Å². The summed E-state index contributed by atoms with van der Waals surface area (Å²) < 4.78 is 3.30. The second-order valence-corrected chi connectivity index (χ2v) is 5.18. The SMILES string of the molecule is Cc1n[nH]c(N)c1/N=N/c1c(C)n(C)n(-c2ccccc2)c1=O. The molecule has 1 aromatic carbocycles. The molecule has 2 aromatic heterocycles. The molecule has 3 rings (SSSR count). The zero-order valence-corrected chi connectivity index (χ0v) is 13.1.